The number of aliphatic hydroxyl groups excluding tert-OH is 1. The smallest absolute Gasteiger partial charge is 0.348 e. The third-order valence-corrected chi connectivity index (χ3v) is 10.7. The summed E-state index contributed by atoms with van der Waals surface area (Å²) in [5.41, 5.74) is 9.08. The van der Waals surface area contributed by atoms with Crippen LogP contribution in [-0.4, -0.2) is 57.9 Å². The van der Waals surface area contributed by atoms with Gasteiger partial charge >= 0.3 is 5.97 Å². The van der Waals surface area contributed by atoms with Crippen molar-refractivity contribution in [1.29, 1.82) is 0 Å². The fourth-order valence-corrected chi connectivity index (χ4v) is 8.39. The molecule has 1 atom stereocenters. The van der Waals surface area contributed by atoms with E-state index in [9.17, 15) is 19.6 Å². The molecule has 0 radical (unpaired) electrons. The number of carboxylic acid groups (broad SMARTS) is 1. The zero-order chi connectivity index (χ0) is 31.4. The molecule has 236 valence electrons. The van der Waals surface area contributed by atoms with Gasteiger partial charge in [0, 0.05) is 54.3 Å². The largest absolute Gasteiger partial charge is 0.477 e. The Labute approximate surface area is 263 Å². The fourth-order valence-electron chi connectivity index (χ4n) is 6.46. The van der Waals surface area contributed by atoms with Crippen LogP contribution in [0, 0.1) is 11.8 Å². The summed E-state index contributed by atoms with van der Waals surface area (Å²) >= 11 is 1.22. The lowest BCUT2D eigenvalue weighted by Crippen LogP contribution is -2.50. The number of anilines is 1. The maximum Gasteiger partial charge on any atom is 0.348 e. The monoisotopic (exact) mass is 638 g/mol. The number of carboxylic acids is 1. The van der Waals surface area contributed by atoms with Gasteiger partial charge in [0.1, 0.15) is 11.1 Å². The van der Waals surface area contributed by atoms with Crippen LogP contribution in [0.2, 0.25) is 0 Å². The van der Waals surface area contributed by atoms with Gasteiger partial charge in [-0.2, -0.15) is 0 Å². The maximum atomic E-state index is 12.6. The lowest BCUT2D eigenvalue weighted by Gasteiger charge is -2.44. The molecule has 44 heavy (non-hydrogen) atoms. The van der Waals surface area contributed by atoms with E-state index in [4.69, 9.17) is 10.3 Å². The minimum atomic E-state index is -2.62. The van der Waals surface area contributed by atoms with Gasteiger partial charge in [0.05, 0.1) is 11.8 Å². The Morgan fingerprint density at radius 1 is 1.07 bits per heavy atom. The van der Waals surface area contributed by atoms with Crippen molar-refractivity contribution in [3.8, 4) is 10.4 Å². The summed E-state index contributed by atoms with van der Waals surface area (Å²) in [6.45, 7) is 5.53. The van der Waals surface area contributed by atoms with E-state index in [1.807, 2.05) is 35.2 Å². The van der Waals surface area contributed by atoms with E-state index >= 15 is 0 Å². The zero-order valence-corrected chi connectivity index (χ0v) is 27.3. The average molecular weight is 639 g/mol. The molecule has 2 aromatic heterocycles. The van der Waals surface area contributed by atoms with Gasteiger partial charge in [-0.05, 0) is 67.7 Å². The van der Waals surface area contributed by atoms with Crippen LogP contribution in [0.5, 0.6) is 0 Å². The first-order valence-corrected chi connectivity index (χ1v) is 18.7. The molecule has 2 aliphatic carbocycles. The number of benzene rings is 1. The van der Waals surface area contributed by atoms with E-state index in [0.717, 1.165) is 54.5 Å². The normalized spacial score (nSPS) is 23.7. The van der Waals surface area contributed by atoms with Crippen LogP contribution in [-0.2, 0) is 9.09 Å². The second-order valence-electron chi connectivity index (χ2n) is 12.5. The molecule has 9 nitrogen and oxygen atoms in total. The average Bonchev–Trinajstić information content (AvgIpc) is 3.44. The molecule has 0 spiro atoms. The third-order valence-electron chi connectivity index (χ3n) is 8.77. The number of carbonyl (C=O) groups is 1. The Morgan fingerprint density at radius 3 is 2.30 bits per heavy atom. The number of aromatic nitrogens is 2. The Hall–Kier alpha value is -3.04. The highest BCUT2D eigenvalue weighted by atomic mass is 32.1. The second-order valence-corrected chi connectivity index (χ2v) is 16.3. The molecule has 0 amide bonds. The highest BCUT2D eigenvalue weighted by Crippen LogP contribution is 2.45. The lowest BCUT2D eigenvalue weighted by molar-refractivity contribution is 0.0549. The van der Waals surface area contributed by atoms with E-state index in [-0.39, 0.29) is 22.9 Å². The van der Waals surface area contributed by atoms with Crippen LogP contribution >= 0.6 is 18.7 Å². The summed E-state index contributed by atoms with van der Waals surface area (Å²) in [6.07, 6.45) is 11.0. The highest BCUT2D eigenvalue weighted by Gasteiger charge is 2.38. The van der Waals surface area contributed by atoms with Gasteiger partial charge in [0.15, 0.2) is 13.2 Å². The third kappa shape index (κ3) is 7.96. The first-order valence-electron chi connectivity index (χ1n) is 15.4. The Kier molecular flexibility index (Phi) is 10.3. The van der Waals surface area contributed by atoms with Crippen LogP contribution < -0.4 is 10.6 Å². The summed E-state index contributed by atoms with van der Waals surface area (Å²) in [5.74, 6) is 0.215. The number of thiophene rings is 1. The second kappa shape index (κ2) is 13.9. The van der Waals surface area contributed by atoms with Crippen molar-refractivity contribution in [2.75, 3.05) is 18.2 Å². The van der Waals surface area contributed by atoms with Crippen molar-refractivity contribution >= 4 is 42.1 Å². The van der Waals surface area contributed by atoms with Gasteiger partial charge in [0.2, 0.25) is 0 Å². The number of nitrogens with two attached hydrogens (primary N) is 1. The van der Waals surface area contributed by atoms with Gasteiger partial charge in [-0.1, -0.05) is 44.0 Å². The molecular weight excluding hydrogens is 595 g/mol. The topological polar surface area (TPSA) is 139 Å². The number of nitrogens with zero attached hydrogens (tertiary/aromatic N) is 3. The van der Waals surface area contributed by atoms with Crippen molar-refractivity contribution in [2.45, 2.75) is 76.7 Å². The van der Waals surface area contributed by atoms with Gasteiger partial charge in [-0.25, -0.2) is 14.8 Å². The Morgan fingerprint density at radius 2 is 1.70 bits per heavy atom. The lowest BCUT2D eigenvalue weighted by atomic mass is 9.81. The van der Waals surface area contributed by atoms with Crippen LogP contribution in [0.4, 0.5) is 5.69 Å². The fraction of sp³-hybridized carbons (Fsp3) is 0.485. The Bertz CT molecular complexity index is 1490. The molecule has 11 heteroatoms. The first kappa shape index (κ1) is 32.4. The molecule has 0 bridgehead atoms. The number of aliphatic hydroxyl groups is 1. The van der Waals surface area contributed by atoms with Gasteiger partial charge in [-0.3, -0.25) is 4.57 Å². The standard InChI is InChI=1S/C33H43N4O5PS/c1-21-5-7-24(8-6-21)32(38)37(25-13-15-26(16-14-25)42-43(2,3)41)28-20-29(44-31(28)33(39)40)23-11-9-22(10-12-23)27(34)19-30-35-17-4-18-36-30/h4,9-12,17-21,24-26,32,38H,5-8,13-16,34H2,1-3H3,(H,39,40). The maximum absolute atomic E-state index is 12.6. The number of rotatable bonds is 10. The molecule has 0 aliphatic heterocycles. The highest BCUT2D eigenvalue weighted by molar-refractivity contribution is 7.57. The van der Waals surface area contributed by atoms with E-state index in [0.29, 0.717) is 36.0 Å². The number of aromatic carboxylic acids is 1. The summed E-state index contributed by atoms with van der Waals surface area (Å²) < 4.78 is 18.2. The van der Waals surface area contributed by atoms with Crippen LogP contribution in [0.3, 0.4) is 0 Å². The molecule has 2 heterocycles. The molecule has 2 saturated carbocycles. The predicted molar refractivity (Wildman–Crippen MR) is 177 cm³/mol. The number of hydrogen-bond acceptors (Lipinski definition) is 9. The summed E-state index contributed by atoms with van der Waals surface area (Å²) in [5, 5.41) is 22.3. The van der Waals surface area contributed by atoms with Crippen LogP contribution in [0.1, 0.15) is 79.3 Å². The van der Waals surface area contributed by atoms with Gasteiger partial charge in [-0.15, -0.1) is 11.3 Å². The van der Waals surface area contributed by atoms with Gasteiger partial charge in [0.25, 0.3) is 0 Å². The quantitative estimate of drug-likeness (QED) is 0.156. The molecule has 0 saturated heterocycles. The minimum Gasteiger partial charge on any atom is -0.477 e. The van der Waals surface area contributed by atoms with Crippen molar-refractivity contribution < 1.29 is 24.1 Å². The van der Waals surface area contributed by atoms with Crippen LogP contribution in [0.15, 0.2) is 48.8 Å². The SMILES string of the molecule is CC1CCC(C(O)N(c2cc(-c3ccc(C(N)=Cc4ncccn4)cc3)sc2C(=O)O)C2CCC(OP(C)(C)=O)CC2)CC1. The summed E-state index contributed by atoms with van der Waals surface area (Å²) in [4.78, 5) is 24.1. The van der Waals surface area contributed by atoms with Crippen molar-refractivity contribution in [2.24, 2.45) is 17.6 Å². The van der Waals surface area contributed by atoms with E-state index in [1.165, 1.54) is 11.3 Å². The Balaban J connectivity index is 1.44. The molecule has 3 aromatic rings. The molecule has 2 aliphatic rings. The van der Waals surface area contributed by atoms with E-state index < -0.39 is 19.6 Å². The molecule has 1 aromatic carbocycles. The zero-order valence-electron chi connectivity index (χ0n) is 25.6. The summed E-state index contributed by atoms with van der Waals surface area (Å²) in [6, 6.07) is 11.3. The molecule has 5 rings (SSSR count). The first-order chi connectivity index (χ1) is 21.0. The van der Waals surface area contributed by atoms with Gasteiger partial charge < -0.3 is 25.4 Å². The number of hydrogen-bond donors (Lipinski definition) is 3. The summed E-state index contributed by atoms with van der Waals surface area (Å²) in [7, 11) is -2.62. The van der Waals surface area contributed by atoms with Crippen LogP contribution in [0.25, 0.3) is 22.2 Å². The molecule has 1 unspecified atom stereocenters. The van der Waals surface area contributed by atoms with E-state index in [1.54, 1.807) is 37.9 Å². The van der Waals surface area contributed by atoms with Crippen molar-refractivity contribution in [3.05, 3.63) is 65.1 Å². The molecular formula is C33H43N4O5PS. The molecule has 4 N–H and O–H groups in total. The van der Waals surface area contributed by atoms with Crippen molar-refractivity contribution in [3.63, 3.8) is 0 Å². The van der Waals surface area contributed by atoms with E-state index in [2.05, 4.69) is 16.9 Å². The predicted octanol–water partition coefficient (Wildman–Crippen LogP) is 7.18. The minimum absolute atomic E-state index is 0.0506. The molecule has 2 fully saturated rings. The van der Waals surface area contributed by atoms with Crippen molar-refractivity contribution in [1.82, 2.24) is 9.97 Å².